The number of rotatable bonds is 30. The third-order valence-corrected chi connectivity index (χ3v) is 9.06. The molecule has 0 saturated carbocycles. The van der Waals surface area contributed by atoms with Crippen LogP contribution in [0.15, 0.2) is 12.4 Å². The number of hydrogen-bond acceptors (Lipinski definition) is 1. The van der Waals surface area contributed by atoms with E-state index in [0.717, 1.165) is 0 Å². The number of hydrogen-bond donors (Lipinski definition) is 0. The third kappa shape index (κ3) is 19.8. The fourth-order valence-corrected chi connectivity index (χ4v) is 6.44. The van der Waals surface area contributed by atoms with Crippen molar-refractivity contribution >= 4 is 0 Å². The Kier molecular flexibility index (Phi) is 25.4. The van der Waals surface area contributed by atoms with E-state index < -0.39 is 0 Å². The van der Waals surface area contributed by atoms with Crippen LogP contribution in [-0.2, 0) is 0 Å². The van der Waals surface area contributed by atoms with Gasteiger partial charge in [-0.15, -0.1) is 0 Å². The number of aromatic nitrogens is 2. The quantitative estimate of drug-likeness (QED) is 0.0880. The summed E-state index contributed by atoms with van der Waals surface area (Å²) in [7, 11) is 0. The van der Waals surface area contributed by atoms with Crippen LogP contribution >= 0.6 is 0 Å². The summed E-state index contributed by atoms with van der Waals surface area (Å²) in [6.45, 7) is 9.31. The Hall–Kier alpha value is -0.790. The van der Waals surface area contributed by atoms with Crippen molar-refractivity contribution < 1.29 is 0 Å². The second-order valence-electron chi connectivity index (χ2n) is 12.9. The predicted octanol–water partition coefficient (Wildman–Crippen LogP) is 13.5. The van der Waals surface area contributed by atoms with E-state index in [2.05, 4.69) is 44.7 Å². The summed E-state index contributed by atoms with van der Waals surface area (Å²) in [6.07, 6.45) is 43.9. The molecule has 2 nitrogen and oxygen atoms in total. The molecule has 0 amide bonds. The molecule has 0 fully saturated rings. The van der Waals surface area contributed by atoms with Gasteiger partial charge in [-0.1, -0.05) is 181 Å². The Morgan fingerprint density at radius 2 is 0.846 bits per heavy atom. The minimum atomic E-state index is 0.582. The molecule has 2 heteroatoms. The molecule has 39 heavy (non-hydrogen) atoms. The highest BCUT2D eigenvalue weighted by Crippen LogP contribution is 2.30. The van der Waals surface area contributed by atoms with Crippen molar-refractivity contribution in [3.8, 4) is 0 Å². The van der Waals surface area contributed by atoms with Crippen LogP contribution in [0.3, 0.4) is 0 Å². The monoisotopic (exact) mass is 545 g/mol. The zero-order valence-electron chi connectivity index (χ0n) is 27.5. The maximum absolute atomic E-state index is 4.93. The Balaban J connectivity index is 2.27. The first-order valence-electron chi connectivity index (χ1n) is 18.3. The van der Waals surface area contributed by atoms with Crippen molar-refractivity contribution in [3.63, 3.8) is 0 Å². The van der Waals surface area contributed by atoms with Gasteiger partial charge in [-0.3, -0.25) is 0 Å². The van der Waals surface area contributed by atoms with E-state index in [4.69, 9.17) is 4.98 Å². The minimum absolute atomic E-state index is 0.582. The summed E-state index contributed by atoms with van der Waals surface area (Å²) in [5.41, 5.74) is 0. The van der Waals surface area contributed by atoms with E-state index >= 15 is 0 Å². The minimum Gasteiger partial charge on any atom is -0.332 e. The van der Waals surface area contributed by atoms with E-state index in [1.165, 1.54) is 186 Å². The Morgan fingerprint density at radius 1 is 0.487 bits per heavy atom. The van der Waals surface area contributed by atoms with Gasteiger partial charge in [0.05, 0.1) is 0 Å². The second-order valence-corrected chi connectivity index (χ2v) is 12.9. The molecule has 0 aromatic carbocycles. The first kappa shape index (κ1) is 36.2. The largest absolute Gasteiger partial charge is 0.332 e. The fraction of sp³-hybridized carbons (Fsp3) is 0.919. The van der Waals surface area contributed by atoms with Crippen molar-refractivity contribution in [2.45, 2.75) is 219 Å². The lowest BCUT2D eigenvalue weighted by atomic mass is 9.92. The Labute approximate surface area is 246 Å². The van der Waals surface area contributed by atoms with Crippen molar-refractivity contribution in [2.24, 2.45) is 0 Å². The van der Waals surface area contributed by atoms with Gasteiger partial charge in [-0.2, -0.15) is 0 Å². The lowest BCUT2D eigenvalue weighted by molar-refractivity contribution is 0.421. The smallest absolute Gasteiger partial charge is 0.111 e. The molecule has 0 aliphatic rings. The van der Waals surface area contributed by atoms with E-state index in [1.54, 1.807) is 0 Å². The van der Waals surface area contributed by atoms with Gasteiger partial charge in [-0.25, -0.2) is 4.98 Å². The van der Waals surface area contributed by atoms with Gasteiger partial charge in [0.15, 0.2) is 0 Å². The van der Waals surface area contributed by atoms with Gasteiger partial charge < -0.3 is 4.57 Å². The molecule has 1 rings (SSSR count). The van der Waals surface area contributed by atoms with E-state index in [0.29, 0.717) is 12.0 Å². The van der Waals surface area contributed by atoms with Gasteiger partial charge in [-0.05, 0) is 26.2 Å². The molecule has 2 atom stereocenters. The van der Waals surface area contributed by atoms with Crippen molar-refractivity contribution in [3.05, 3.63) is 18.2 Å². The lowest BCUT2D eigenvalue weighted by Crippen LogP contribution is -2.13. The normalized spacial score (nSPS) is 13.2. The highest BCUT2D eigenvalue weighted by molar-refractivity contribution is 5.02. The van der Waals surface area contributed by atoms with Gasteiger partial charge in [0.1, 0.15) is 5.82 Å². The van der Waals surface area contributed by atoms with Crippen LogP contribution in [0.5, 0.6) is 0 Å². The Morgan fingerprint density at radius 3 is 1.21 bits per heavy atom. The molecule has 0 saturated heterocycles. The van der Waals surface area contributed by atoms with Gasteiger partial charge in [0.2, 0.25) is 0 Å². The molecule has 2 unspecified atom stereocenters. The molecule has 0 aliphatic carbocycles. The van der Waals surface area contributed by atoms with Crippen LogP contribution in [0.2, 0.25) is 0 Å². The standard InChI is InChI=1S/C37H72N2/c1-5-8-10-12-14-16-18-19-21-23-25-27-29-32-36(37-38-33-34-39(37)35(4)30-7-3)31-28-26-24-22-20-17-15-13-11-9-6-2/h33-36H,5-32H2,1-4H3. The molecule has 0 radical (unpaired) electrons. The van der Waals surface area contributed by atoms with E-state index in [-0.39, 0.29) is 0 Å². The summed E-state index contributed by atoms with van der Waals surface area (Å²) >= 11 is 0. The molecule has 0 spiro atoms. The van der Waals surface area contributed by atoms with Crippen molar-refractivity contribution in [1.82, 2.24) is 9.55 Å². The summed E-state index contributed by atoms with van der Waals surface area (Å²) in [4.78, 5) is 4.93. The molecule has 0 aliphatic heterocycles. The highest BCUT2D eigenvalue weighted by Gasteiger charge is 2.19. The topological polar surface area (TPSA) is 17.8 Å². The van der Waals surface area contributed by atoms with E-state index in [1.807, 2.05) is 0 Å². The molecule has 1 aromatic rings. The number of unbranched alkanes of at least 4 members (excludes halogenated alkanes) is 22. The van der Waals surface area contributed by atoms with Crippen LogP contribution in [0, 0.1) is 0 Å². The average molecular weight is 545 g/mol. The van der Waals surface area contributed by atoms with Crippen LogP contribution < -0.4 is 0 Å². The van der Waals surface area contributed by atoms with Gasteiger partial charge >= 0.3 is 0 Å². The summed E-state index contributed by atoms with van der Waals surface area (Å²) < 4.78 is 2.52. The van der Waals surface area contributed by atoms with Crippen molar-refractivity contribution in [2.75, 3.05) is 0 Å². The highest BCUT2D eigenvalue weighted by atomic mass is 15.1. The van der Waals surface area contributed by atoms with Gasteiger partial charge in [0, 0.05) is 24.4 Å². The zero-order chi connectivity index (χ0) is 28.2. The fourth-order valence-electron chi connectivity index (χ4n) is 6.44. The summed E-state index contributed by atoms with van der Waals surface area (Å²) in [5, 5.41) is 0. The SMILES string of the molecule is CCCCCCCCCCCCCCCC(CCCCCCCCCCCCC)c1nccn1C(C)CCC. The maximum Gasteiger partial charge on any atom is 0.111 e. The molecular formula is C37H72N2. The summed E-state index contributed by atoms with van der Waals surface area (Å²) in [5.74, 6) is 2.05. The molecule has 230 valence electrons. The average Bonchev–Trinajstić information content (AvgIpc) is 3.43. The maximum atomic E-state index is 4.93. The molecule has 0 bridgehead atoms. The van der Waals surface area contributed by atoms with Gasteiger partial charge in [0.25, 0.3) is 0 Å². The van der Waals surface area contributed by atoms with Crippen molar-refractivity contribution in [1.29, 1.82) is 0 Å². The van der Waals surface area contributed by atoms with Crippen LogP contribution in [0.1, 0.15) is 225 Å². The molecule has 1 heterocycles. The first-order valence-corrected chi connectivity index (χ1v) is 18.3. The lowest BCUT2D eigenvalue weighted by Gasteiger charge is -2.22. The number of imidazole rings is 1. The van der Waals surface area contributed by atoms with Crippen LogP contribution in [-0.4, -0.2) is 9.55 Å². The summed E-state index contributed by atoms with van der Waals surface area (Å²) in [6, 6.07) is 0.582. The number of nitrogens with zero attached hydrogens (tertiary/aromatic N) is 2. The predicted molar refractivity (Wildman–Crippen MR) is 176 cm³/mol. The molecule has 1 aromatic heterocycles. The van der Waals surface area contributed by atoms with E-state index in [9.17, 15) is 0 Å². The van der Waals surface area contributed by atoms with Crippen LogP contribution in [0.4, 0.5) is 0 Å². The van der Waals surface area contributed by atoms with Crippen LogP contribution in [0.25, 0.3) is 0 Å². The second kappa shape index (κ2) is 27.4. The third-order valence-electron chi connectivity index (χ3n) is 9.06. The molecular weight excluding hydrogens is 472 g/mol. The Bertz CT molecular complexity index is 606. The zero-order valence-corrected chi connectivity index (χ0v) is 27.5. The first-order chi connectivity index (χ1) is 19.2. The molecule has 0 N–H and O–H groups in total.